The maximum Gasteiger partial charge on any atom is 0.338 e. The summed E-state index contributed by atoms with van der Waals surface area (Å²) in [6, 6.07) is 16.7. The zero-order valence-electron chi connectivity index (χ0n) is 14.2. The Kier molecular flexibility index (Phi) is 6.70. The van der Waals surface area contributed by atoms with Gasteiger partial charge in [-0.15, -0.1) is 0 Å². The lowest BCUT2D eigenvalue weighted by Crippen LogP contribution is -2.34. The highest BCUT2D eigenvalue weighted by Gasteiger charge is 2.40. The van der Waals surface area contributed by atoms with E-state index in [4.69, 9.17) is 25.8 Å². The summed E-state index contributed by atoms with van der Waals surface area (Å²) in [6.07, 6.45) is 1.23. The highest BCUT2D eigenvalue weighted by molar-refractivity contribution is 9.09. The monoisotopic (exact) mass is 438 g/mol. The van der Waals surface area contributed by atoms with Crippen LogP contribution in [0.5, 0.6) is 0 Å². The first-order chi connectivity index (χ1) is 12.6. The third kappa shape index (κ3) is 5.07. The van der Waals surface area contributed by atoms with E-state index >= 15 is 0 Å². The van der Waals surface area contributed by atoms with Crippen LogP contribution in [0.4, 0.5) is 0 Å². The number of benzene rings is 2. The summed E-state index contributed by atoms with van der Waals surface area (Å²) < 4.78 is 17.3. The van der Waals surface area contributed by atoms with Crippen LogP contribution in [0.15, 0.2) is 54.6 Å². The lowest BCUT2D eigenvalue weighted by molar-refractivity contribution is -0.156. The van der Waals surface area contributed by atoms with Gasteiger partial charge >= 0.3 is 5.97 Å². The van der Waals surface area contributed by atoms with Crippen LogP contribution in [0.25, 0.3) is 0 Å². The molecule has 1 saturated heterocycles. The van der Waals surface area contributed by atoms with Crippen molar-refractivity contribution < 1.29 is 19.0 Å². The van der Waals surface area contributed by atoms with Gasteiger partial charge in [-0.25, -0.2) is 4.79 Å². The van der Waals surface area contributed by atoms with E-state index in [2.05, 4.69) is 15.9 Å². The summed E-state index contributed by atoms with van der Waals surface area (Å²) in [5.41, 5.74) is 1.70. The van der Waals surface area contributed by atoms with Crippen molar-refractivity contribution in [3.05, 3.63) is 70.7 Å². The fourth-order valence-corrected chi connectivity index (χ4v) is 3.48. The lowest BCUT2D eigenvalue weighted by Gasteiger charge is -2.26. The molecule has 1 fully saturated rings. The molecule has 2 atom stereocenters. The second-order valence-corrected chi connectivity index (χ2v) is 7.18. The maximum atomic E-state index is 12.0. The Bertz CT molecular complexity index is 722. The van der Waals surface area contributed by atoms with Gasteiger partial charge in [-0.3, -0.25) is 0 Å². The van der Waals surface area contributed by atoms with Crippen molar-refractivity contribution in [1.29, 1.82) is 0 Å². The van der Waals surface area contributed by atoms with Crippen LogP contribution in [0.2, 0.25) is 5.02 Å². The smallest absolute Gasteiger partial charge is 0.338 e. The Morgan fingerprint density at radius 3 is 2.62 bits per heavy atom. The van der Waals surface area contributed by atoms with Gasteiger partial charge < -0.3 is 14.2 Å². The van der Waals surface area contributed by atoms with E-state index in [1.807, 2.05) is 30.3 Å². The normalized spacial score (nSPS) is 22.3. The highest BCUT2D eigenvalue weighted by Crippen LogP contribution is 2.31. The Morgan fingerprint density at radius 2 is 1.92 bits per heavy atom. The fraction of sp³-hybridized carbons (Fsp3) is 0.350. The molecule has 1 aliphatic heterocycles. The van der Waals surface area contributed by atoms with E-state index in [0.29, 0.717) is 23.9 Å². The van der Waals surface area contributed by atoms with Gasteiger partial charge in [-0.2, -0.15) is 0 Å². The largest absolute Gasteiger partial charge is 0.459 e. The van der Waals surface area contributed by atoms with Crippen molar-refractivity contribution in [2.75, 3.05) is 18.5 Å². The molecule has 0 spiro atoms. The molecule has 0 aliphatic carbocycles. The number of aryl methyl sites for hydroxylation is 1. The third-order valence-corrected chi connectivity index (χ3v) is 5.34. The molecule has 2 aromatic rings. The average Bonchev–Trinajstić information content (AvgIpc) is 3.10. The van der Waals surface area contributed by atoms with E-state index in [0.717, 1.165) is 11.4 Å². The van der Waals surface area contributed by atoms with Gasteiger partial charge in [0.15, 0.2) is 5.79 Å². The summed E-state index contributed by atoms with van der Waals surface area (Å²) >= 11 is 9.40. The van der Waals surface area contributed by atoms with Crippen molar-refractivity contribution in [2.45, 2.75) is 24.7 Å². The molecule has 0 amide bonds. The molecule has 1 heterocycles. The molecule has 3 rings (SSSR count). The number of alkyl halides is 1. The van der Waals surface area contributed by atoms with Crippen LogP contribution in [0.1, 0.15) is 22.3 Å². The van der Waals surface area contributed by atoms with Gasteiger partial charge in [0.2, 0.25) is 0 Å². The van der Waals surface area contributed by atoms with Crippen LogP contribution in [-0.2, 0) is 20.6 Å². The van der Waals surface area contributed by atoms with E-state index in [1.54, 1.807) is 24.3 Å². The molecule has 26 heavy (non-hydrogen) atoms. The molecule has 138 valence electrons. The van der Waals surface area contributed by atoms with Crippen LogP contribution in [0, 0.1) is 0 Å². The zero-order valence-corrected chi connectivity index (χ0v) is 16.5. The molecule has 0 saturated carbocycles. The maximum absolute atomic E-state index is 12.0. The standard InChI is InChI=1S/C20H20BrClO4/c21-14-20(11-10-15-6-8-17(22)9-7-15)25-13-18(26-20)12-24-19(23)16-4-2-1-3-5-16/h1-9,18H,10-14H2. The summed E-state index contributed by atoms with van der Waals surface area (Å²) in [6.45, 7) is 0.567. The van der Waals surface area contributed by atoms with Crippen molar-refractivity contribution in [3.63, 3.8) is 0 Å². The molecule has 1 aliphatic rings. The minimum atomic E-state index is -0.705. The predicted octanol–water partition coefficient (Wildman–Crippen LogP) is 4.64. The van der Waals surface area contributed by atoms with Gasteiger partial charge in [0, 0.05) is 11.4 Å². The topological polar surface area (TPSA) is 44.8 Å². The number of rotatable bonds is 7. The number of hydrogen-bond donors (Lipinski definition) is 0. The second-order valence-electron chi connectivity index (χ2n) is 6.19. The number of carbonyl (C=O) groups is 1. The fourth-order valence-electron chi connectivity index (χ4n) is 2.78. The molecule has 2 aromatic carbocycles. The number of carbonyl (C=O) groups excluding carboxylic acids is 1. The summed E-state index contributed by atoms with van der Waals surface area (Å²) in [5, 5.41) is 1.27. The molecule has 0 bridgehead atoms. The first-order valence-corrected chi connectivity index (χ1v) is 9.94. The van der Waals surface area contributed by atoms with Crippen molar-refractivity contribution in [3.8, 4) is 0 Å². The van der Waals surface area contributed by atoms with Gasteiger partial charge in [-0.05, 0) is 36.2 Å². The molecular formula is C20H20BrClO4. The molecular weight excluding hydrogens is 420 g/mol. The molecule has 4 nitrogen and oxygen atoms in total. The number of ether oxygens (including phenoxy) is 3. The molecule has 6 heteroatoms. The van der Waals surface area contributed by atoms with E-state index in [-0.39, 0.29) is 18.7 Å². The summed E-state index contributed by atoms with van der Waals surface area (Å²) in [7, 11) is 0. The first-order valence-electron chi connectivity index (χ1n) is 8.45. The Balaban J connectivity index is 1.50. The number of esters is 1. The Morgan fingerprint density at radius 1 is 1.19 bits per heavy atom. The van der Waals surface area contributed by atoms with Gasteiger partial charge in [0.25, 0.3) is 0 Å². The SMILES string of the molecule is O=C(OCC1COC(CBr)(CCc2ccc(Cl)cc2)O1)c1ccccc1. The zero-order chi connectivity index (χ0) is 18.4. The van der Waals surface area contributed by atoms with Crippen LogP contribution < -0.4 is 0 Å². The van der Waals surface area contributed by atoms with Gasteiger partial charge in [0.1, 0.15) is 12.7 Å². The Hall–Kier alpha value is -1.40. The molecule has 0 N–H and O–H groups in total. The summed E-state index contributed by atoms with van der Waals surface area (Å²) in [4.78, 5) is 12.0. The average molecular weight is 440 g/mol. The minimum absolute atomic E-state index is 0.170. The predicted molar refractivity (Wildman–Crippen MR) is 104 cm³/mol. The first kappa shape index (κ1) is 19.4. The van der Waals surface area contributed by atoms with Crippen molar-refractivity contribution in [2.24, 2.45) is 0 Å². The van der Waals surface area contributed by atoms with Crippen molar-refractivity contribution >= 4 is 33.5 Å². The third-order valence-electron chi connectivity index (χ3n) is 4.23. The Labute approximate surface area is 166 Å². The summed E-state index contributed by atoms with van der Waals surface area (Å²) in [5.74, 6) is -1.06. The van der Waals surface area contributed by atoms with Gasteiger partial charge in [0.05, 0.1) is 17.5 Å². The van der Waals surface area contributed by atoms with Crippen LogP contribution in [0.3, 0.4) is 0 Å². The van der Waals surface area contributed by atoms with Crippen LogP contribution >= 0.6 is 27.5 Å². The highest BCUT2D eigenvalue weighted by atomic mass is 79.9. The second kappa shape index (κ2) is 9.00. The quantitative estimate of drug-likeness (QED) is 0.466. The van der Waals surface area contributed by atoms with E-state index < -0.39 is 5.79 Å². The van der Waals surface area contributed by atoms with Crippen LogP contribution in [-0.4, -0.2) is 36.4 Å². The molecule has 0 aromatic heterocycles. The van der Waals surface area contributed by atoms with Crippen molar-refractivity contribution in [1.82, 2.24) is 0 Å². The molecule has 0 radical (unpaired) electrons. The minimum Gasteiger partial charge on any atom is -0.459 e. The van der Waals surface area contributed by atoms with E-state index in [1.165, 1.54) is 5.56 Å². The number of halogens is 2. The van der Waals surface area contributed by atoms with Gasteiger partial charge in [-0.1, -0.05) is 57.9 Å². The number of hydrogen-bond acceptors (Lipinski definition) is 4. The van der Waals surface area contributed by atoms with E-state index in [9.17, 15) is 4.79 Å². The molecule has 2 unspecified atom stereocenters. The lowest BCUT2D eigenvalue weighted by atomic mass is 10.1.